The van der Waals surface area contributed by atoms with E-state index in [2.05, 4.69) is 0 Å². The molecule has 2 aliphatic carbocycles. The number of carbonyl (C=O) groups is 1. The summed E-state index contributed by atoms with van der Waals surface area (Å²) in [5.41, 5.74) is 0.410. The zero-order chi connectivity index (χ0) is 14.8. The van der Waals surface area contributed by atoms with Crippen molar-refractivity contribution in [2.24, 2.45) is 11.3 Å². The van der Waals surface area contributed by atoms with Crippen LogP contribution < -0.4 is 0 Å². The van der Waals surface area contributed by atoms with Crippen molar-refractivity contribution >= 4 is 27.1 Å². The Morgan fingerprint density at radius 1 is 1.33 bits per heavy atom. The van der Waals surface area contributed by atoms with Gasteiger partial charge in [-0.3, -0.25) is 4.79 Å². The molecule has 1 atom stereocenters. The van der Waals surface area contributed by atoms with Crippen LogP contribution in [0.4, 0.5) is 0 Å². The zero-order valence-corrected chi connectivity index (χ0v) is 13.7. The molecule has 1 amide bonds. The van der Waals surface area contributed by atoms with E-state index in [1.807, 2.05) is 4.90 Å². The first-order valence-corrected chi connectivity index (χ1v) is 10.2. The van der Waals surface area contributed by atoms with Crippen LogP contribution in [0.15, 0.2) is 16.3 Å². The van der Waals surface area contributed by atoms with Gasteiger partial charge in [0.2, 0.25) is 0 Å². The van der Waals surface area contributed by atoms with Crippen LogP contribution in [0.1, 0.15) is 41.8 Å². The molecule has 1 saturated heterocycles. The maximum atomic E-state index is 12.7. The summed E-state index contributed by atoms with van der Waals surface area (Å²) in [5, 5.41) is 0. The molecule has 0 radical (unpaired) electrons. The number of carbonyl (C=O) groups excluding carboxylic acids is 1. The molecule has 4 nitrogen and oxygen atoms in total. The zero-order valence-electron chi connectivity index (χ0n) is 12.0. The summed E-state index contributed by atoms with van der Waals surface area (Å²) in [5.74, 6) is 0.724. The molecule has 21 heavy (non-hydrogen) atoms. The fourth-order valence-corrected chi connectivity index (χ4v) is 5.86. The van der Waals surface area contributed by atoms with Gasteiger partial charge in [0.1, 0.15) is 4.21 Å². The molecular weight excluding hydrogens is 306 g/mol. The Morgan fingerprint density at radius 3 is 2.52 bits per heavy atom. The van der Waals surface area contributed by atoms with E-state index in [0.717, 1.165) is 17.9 Å². The second-order valence-electron chi connectivity index (χ2n) is 6.82. The molecule has 2 heterocycles. The Morgan fingerprint density at radius 2 is 2.05 bits per heavy atom. The van der Waals surface area contributed by atoms with Crippen molar-refractivity contribution in [3.63, 3.8) is 0 Å². The molecule has 1 aromatic rings. The SMILES string of the molecule is CS(=O)(=O)c1ccc(C(=O)N2CC3(CCC3)C2C2CC2)s1. The van der Waals surface area contributed by atoms with Crippen LogP contribution >= 0.6 is 11.3 Å². The highest BCUT2D eigenvalue weighted by molar-refractivity contribution is 7.92. The van der Waals surface area contributed by atoms with E-state index < -0.39 is 9.84 Å². The summed E-state index contributed by atoms with van der Waals surface area (Å²) in [7, 11) is -3.22. The highest BCUT2D eigenvalue weighted by Gasteiger charge is 2.61. The number of thiophene rings is 1. The fraction of sp³-hybridized carbons (Fsp3) is 0.667. The first-order valence-electron chi connectivity index (χ1n) is 7.52. The van der Waals surface area contributed by atoms with Crippen molar-refractivity contribution in [2.75, 3.05) is 12.8 Å². The van der Waals surface area contributed by atoms with Crippen LogP contribution in [0.25, 0.3) is 0 Å². The van der Waals surface area contributed by atoms with Crippen LogP contribution in [0, 0.1) is 11.3 Å². The number of amides is 1. The largest absolute Gasteiger partial charge is 0.333 e. The number of hydrogen-bond donors (Lipinski definition) is 0. The van der Waals surface area contributed by atoms with Crippen molar-refractivity contribution in [1.82, 2.24) is 4.90 Å². The molecule has 0 aromatic carbocycles. The summed E-state index contributed by atoms with van der Waals surface area (Å²) in [4.78, 5) is 15.3. The van der Waals surface area contributed by atoms with Crippen molar-refractivity contribution in [2.45, 2.75) is 42.4 Å². The van der Waals surface area contributed by atoms with Crippen LogP contribution in [0.2, 0.25) is 0 Å². The predicted molar refractivity (Wildman–Crippen MR) is 81.3 cm³/mol. The van der Waals surface area contributed by atoms with E-state index in [0.29, 0.717) is 22.3 Å². The summed E-state index contributed by atoms with van der Waals surface area (Å²) < 4.78 is 23.4. The third-order valence-corrected chi connectivity index (χ3v) is 8.18. The average Bonchev–Trinajstić information content (AvgIpc) is 2.99. The second-order valence-corrected chi connectivity index (χ2v) is 10.1. The van der Waals surface area contributed by atoms with Gasteiger partial charge < -0.3 is 4.90 Å². The lowest BCUT2D eigenvalue weighted by Gasteiger charge is -2.63. The van der Waals surface area contributed by atoms with E-state index in [4.69, 9.17) is 0 Å². The van der Waals surface area contributed by atoms with E-state index in [-0.39, 0.29) is 10.1 Å². The van der Waals surface area contributed by atoms with E-state index in [1.165, 1.54) is 38.4 Å². The molecule has 1 aromatic heterocycles. The predicted octanol–water partition coefficient (Wildman–Crippen LogP) is 2.56. The first kappa shape index (κ1) is 13.8. The number of sulfone groups is 1. The highest BCUT2D eigenvalue weighted by atomic mass is 32.2. The summed E-state index contributed by atoms with van der Waals surface area (Å²) in [6.45, 7) is 0.874. The van der Waals surface area contributed by atoms with Crippen molar-refractivity contribution in [3.8, 4) is 0 Å². The minimum absolute atomic E-state index is 0.0318. The van der Waals surface area contributed by atoms with Gasteiger partial charge in [0.25, 0.3) is 5.91 Å². The lowest BCUT2D eigenvalue weighted by atomic mass is 9.56. The van der Waals surface area contributed by atoms with E-state index in [9.17, 15) is 13.2 Å². The van der Waals surface area contributed by atoms with Gasteiger partial charge >= 0.3 is 0 Å². The molecule has 114 valence electrons. The van der Waals surface area contributed by atoms with Crippen LogP contribution in [-0.2, 0) is 9.84 Å². The molecule has 0 N–H and O–H groups in total. The minimum atomic E-state index is -3.22. The Labute approximate surface area is 129 Å². The maximum Gasteiger partial charge on any atom is 0.264 e. The average molecular weight is 325 g/mol. The minimum Gasteiger partial charge on any atom is -0.333 e. The van der Waals surface area contributed by atoms with Crippen LogP contribution in [0.5, 0.6) is 0 Å². The Hall–Kier alpha value is -0.880. The molecule has 1 unspecified atom stereocenters. The summed E-state index contributed by atoms with van der Waals surface area (Å²) in [6.07, 6.45) is 7.49. The third kappa shape index (κ3) is 2.06. The lowest BCUT2D eigenvalue weighted by molar-refractivity contribution is -0.111. The molecule has 6 heteroatoms. The van der Waals surface area contributed by atoms with Gasteiger partial charge in [-0.1, -0.05) is 6.42 Å². The van der Waals surface area contributed by atoms with Crippen molar-refractivity contribution in [3.05, 3.63) is 17.0 Å². The fourth-order valence-electron chi connectivity index (χ4n) is 3.97. The number of rotatable bonds is 3. The third-order valence-electron chi connectivity index (χ3n) is 5.28. The van der Waals surface area contributed by atoms with Gasteiger partial charge in [0.05, 0.1) is 4.88 Å². The van der Waals surface area contributed by atoms with Crippen LogP contribution in [0.3, 0.4) is 0 Å². The van der Waals surface area contributed by atoms with Crippen molar-refractivity contribution in [1.29, 1.82) is 0 Å². The Balaban J connectivity index is 1.56. The molecule has 3 fully saturated rings. The van der Waals surface area contributed by atoms with Crippen LogP contribution in [-0.4, -0.2) is 38.1 Å². The summed E-state index contributed by atoms with van der Waals surface area (Å²) in [6, 6.07) is 3.64. The maximum absolute atomic E-state index is 12.7. The van der Waals surface area contributed by atoms with Gasteiger partial charge in [-0.25, -0.2) is 8.42 Å². The first-order chi connectivity index (χ1) is 9.91. The van der Waals surface area contributed by atoms with Crippen molar-refractivity contribution < 1.29 is 13.2 Å². The Bertz CT molecular complexity index is 698. The molecular formula is C15H19NO3S2. The highest BCUT2D eigenvalue weighted by Crippen LogP contribution is 2.60. The molecule has 4 rings (SSSR count). The number of nitrogens with zero attached hydrogens (tertiary/aromatic N) is 1. The number of hydrogen-bond acceptors (Lipinski definition) is 4. The molecule has 2 saturated carbocycles. The van der Waals surface area contributed by atoms with Gasteiger partial charge in [-0.15, -0.1) is 11.3 Å². The van der Waals surface area contributed by atoms with E-state index >= 15 is 0 Å². The molecule has 3 aliphatic rings. The van der Waals surface area contributed by atoms with Gasteiger partial charge in [0, 0.05) is 24.3 Å². The lowest BCUT2D eigenvalue weighted by Crippen LogP contribution is -2.69. The molecule has 1 spiro atoms. The second kappa shape index (κ2) is 4.32. The standard InChI is InChI=1S/C15H19NO3S2/c1-21(18,19)12-6-5-11(20-12)14(17)16-9-15(7-2-8-15)13(16)10-3-4-10/h5-6,10,13H,2-4,7-9H2,1H3. The van der Waals surface area contributed by atoms with Gasteiger partial charge in [-0.05, 0) is 43.7 Å². The Kier molecular flexibility index (Phi) is 2.83. The van der Waals surface area contributed by atoms with Gasteiger partial charge in [0.15, 0.2) is 9.84 Å². The molecule has 1 aliphatic heterocycles. The van der Waals surface area contributed by atoms with Gasteiger partial charge in [-0.2, -0.15) is 0 Å². The van der Waals surface area contributed by atoms with E-state index in [1.54, 1.807) is 12.1 Å². The summed E-state index contributed by atoms with van der Waals surface area (Å²) >= 11 is 1.11. The molecule has 0 bridgehead atoms. The topological polar surface area (TPSA) is 54.5 Å². The number of likely N-dealkylation sites (tertiary alicyclic amines) is 1. The normalized spacial score (nSPS) is 27.3. The monoisotopic (exact) mass is 325 g/mol. The smallest absolute Gasteiger partial charge is 0.264 e. The quantitative estimate of drug-likeness (QED) is 0.858.